The molecule has 11 heavy (non-hydrogen) atoms. The van der Waals surface area contributed by atoms with Crippen LogP contribution in [0.3, 0.4) is 0 Å². The lowest BCUT2D eigenvalue weighted by Gasteiger charge is -2.13. The zero-order valence-electron chi connectivity index (χ0n) is 5.60. The first kappa shape index (κ1) is 8.33. The van der Waals surface area contributed by atoms with Crippen LogP contribution >= 0.6 is 0 Å². The molecule has 1 aliphatic rings. The number of aliphatic hydroxyl groups is 1. The number of alkyl halides is 3. The van der Waals surface area contributed by atoms with Gasteiger partial charge >= 0.3 is 6.18 Å². The van der Waals surface area contributed by atoms with Gasteiger partial charge in [-0.05, 0) is 12.5 Å². The fraction of sp³-hybridized carbons (Fsp3) is 0.429. The van der Waals surface area contributed by atoms with E-state index in [1.165, 1.54) is 6.08 Å². The number of allylic oxidation sites excluding steroid dienone is 2. The molecular formula is C7H7F3O. The van der Waals surface area contributed by atoms with E-state index in [4.69, 9.17) is 5.11 Å². The second-order valence-electron chi connectivity index (χ2n) is 2.33. The van der Waals surface area contributed by atoms with Gasteiger partial charge in [0.15, 0.2) is 0 Å². The quantitative estimate of drug-likeness (QED) is 0.578. The molecule has 4 heteroatoms. The summed E-state index contributed by atoms with van der Waals surface area (Å²) in [5.41, 5.74) is -0.767. The molecule has 1 rings (SSSR count). The highest BCUT2D eigenvalue weighted by Gasteiger charge is 2.33. The molecule has 0 aromatic heterocycles. The third kappa shape index (κ3) is 2.08. The average molecular weight is 164 g/mol. The Morgan fingerprint density at radius 1 is 1.45 bits per heavy atom. The van der Waals surface area contributed by atoms with E-state index >= 15 is 0 Å². The van der Waals surface area contributed by atoms with E-state index in [1.54, 1.807) is 0 Å². The minimum absolute atomic E-state index is 0.263. The molecule has 0 spiro atoms. The molecule has 0 saturated heterocycles. The van der Waals surface area contributed by atoms with Crippen LogP contribution < -0.4 is 0 Å². The van der Waals surface area contributed by atoms with Crippen molar-refractivity contribution in [2.45, 2.75) is 18.7 Å². The third-order valence-corrected chi connectivity index (χ3v) is 1.37. The molecule has 0 saturated carbocycles. The van der Waals surface area contributed by atoms with E-state index in [0.717, 1.165) is 12.2 Å². The van der Waals surface area contributed by atoms with E-state index in [2.05, 4.69) is 0 Å². The zero-order valence-corrected chi connectivity index (χ0v) is 5.60. The molecule has 0 fully saturated rings. The van der Waals surface area contributed by atoms with E-state index in [-0.39, 0.29) is 6.42 Å². The number of halogens is 3. The summed E-state index contributed by atoms with van der Waals surface area (Å²) in [6.45, 7) is 0. The summed E-state index contributed by atoms with van der Waals surface area (Å²) in [6, 6.07) is 0. The molecule has 0 unspecified atom stereocenters. The van der Waals surface area contributed by atoms with Gasteiger partial charge in [-0.3, -0.25) is 0 Å². The monoisotopic (exact) mass is 164 g/mol. The van der Waals surface area contributed by atoms with Gasteiger partial charge in [0.2, 0.25) is 0 Å². The highest BCUT2D eigenvalue weighted by atomic mass is 19.4. The molecular weight excluding hydrogens is 157 g/mol. The zero-order chi connectivity index (χ0) is 8.48. The maximum absolute atomic E-state index is 11.9. The summed E-state index contributed by atoms with van der Waals surface area (Å²) in [5, 5.41) is 8.82. The molecule has 0 aromatic rings. The molecule has 0 aromatic carbocycles. The minimum Gasteiger partial charge on any atom is -0.389 e. The van der Waals surface area contributed by atoms with Gasteiger partial charge in [-0.15, -0.1) is 0 Å². The maximum atomic E-state index is 11.9. The average Bonchev–Trinajstić information content (AvgIpc) is 1.86. The first-order chi connectivity index (χ1) is 5.00. The van der Waals surface area contributed by atoms with Crippen LogP contribution in [-0.4, -0.2) is 17.4 Å². The molecule has 1 atom stereocenters. The lowest BCUT2D eigenvalue weighted by molar-refractivity contribution is -0.0893. The largest absolute Gasteiger partial charge is 0.416 e. The standard InChI is InChI=1S/C7H7F3O/c8-7(9,10)5-2-1-3-6(11)4-5/h1-2,4,6,11H,3H2/t6-/m0/s1. The van der Waals surface area contributed by atoms with E-state index in [9.17, 15) is 13.2 Å². The van der Waals surface area contributed by atoms with Crippen LogP contribution in [0.25, 0.3) is 0 Å². The number of rotatable bonds is 0. The van der Waals surface area contributed by atoms with Crippen molar-refractivity contribution >= 4 is 0 Å². The Morgan fingerprint density at radius 2 is 2.09 bits per heavy atom. The van der Waals surface area contributed by atoms with Crippen LogP contribution in [0.5, 0.6) is 0 Å². The Bertz CT molecular complexity index is 202. The van der Waals surface area contributed by atoms with Gasteiger partial charge in [-0.25, -0.2) is 0 Å². The van der Waals surface area contributed by atoms with Crippen LogP contribution in [0, 0.1) is 0 Å². The van der Waals surface area contributed by atoms with E-state index in [1.807, 2.05) is 0 Å². The molecule has 1 N–H and O–H groups in total. The Morgan fingerprint density at radius 3 is 2.45 bits per heavy atom. The smallest absolute Gasteiger partial charge is 0.389 e. The number of hydrogen-bond acceptors (Lipinski definition) is 1. The Labute approximate surface area is 61.8 Å². The predicted molar refractivity (Wildman–Crippen MR) is 33.9 cm³/mol. The summed E-state index contributed by atoms with van der Waals surface area (Å²) in [7, 11) is 0. The molecule has 0 amide bonds. The molecule has 1 nitrogen and oxygen atoms in total. The first-order valence-corrected chi connectivity index (χ1v) is 3.14. The van der Waals surface area contributed by atoms with Crippen molar-refractivity contribution in [1.29, 1.82) is 0 Å². The van der Waals surface area contributed by atoms with Crippen molar-refractivity contribution in [3.63, 3.8) is 0 Å². The van der Waals surface area contributed by atoms with Gasteiger partial charge in [0.1, 0.15) is 0 Å². The third-order valence-electron chi connectivity index (χ3n) is 1.37. The summed E-state index contributed by atoms with van der Waals surface area (Å²) >= 11 is 0. The molecule has 0 aliphatic heterocycles. The van der Waals surface area contributed by atoms with Crippen LogP contribution in [0.1, 0.15) is 6.42 Å². The molecule has 62 valence electrons. The minimum atomic E-state index is -4.34. The summed E-state index contributed by atoms with van der Waals surface area (Å²) in [4.78, 5) is 0. The van der Waals surface area contributed by atoms with Gasteiger partial charge in [0.05, 0.1) is 11.7 Å². The van der Waals surface area contributed by atoms with Crippen LogP contribution in [0.15, 0.2) is 23.8 Å². The van der Waals surface area contributed by atoms with E-state index < -0.39 is 17.9 Å². The van der Waals surface area contributed by atoms with Gasteiger partial charge in [-0.1, -0.05) is 12.2 Å². The lowest BCUT2D eigenvalue weighted by Crippen LogP contribution is -2.16. The van der Waals surface area contributed by atoms with Crippen LogP contribution in [-0.2, 0) is 0 Å². The van der Waals surface area contributed by atoms with Gasteiger partial charge in [-0.2, -0.15) is 13.2 Å². The Hall–Kier alpha value is -0.770. The molecule has 0 heterocycles. The summed E-state index contributed by atoms with van der Waals surface area (Å²) < 4.78 is 35.7. The van der Waals surface area contributed by atoms with Crippen molar-refractivity contribution in [3.8, 4) is 0 Å². The summed E-state index contributed by atoms with van der Waals surface area (Å²) in [5.74, 6) is 0. The fourth-order valence-corrected chi connectivity index (χ4v) is 0.854. The SMILES string of the molecule is O[C@@H]1C=C(C(F)(F)F)C=CC1. The summed E-state index contributed by atoms with van der Waals surface area (Å²) in [6.07, 6.45) is -1.95. The Kier molecular flexibility index (Phi) is 2.04. The predicted octanol–water partition coefficient (Wildman–Crippen LogP) is 1.80. The van der Waals surface area contributed by atoms with Crippen LogP contribution in [0.2, 0.25) is 0 Å². The van der Waals surface area contributed by atoms with Crippen molar-refractivity contribution in [1.82, 2.24) is 0 Å². The second kappa shape index (κ2) is 2.70. The first-order valence-electron chi connectivity index (χ1n) is 3.14. The van der Waals surface area contributed by atoms with Crippen molar-refractivity contribution in [2.24, 2.45) is 0 Å². The fourth-order valence-electron chi connectivity index (χ4n) is 0.854. The normalized spacial score (nSPS) is 25.1. The van der Waals surface area contributed by atoms with E-state index in [0.29, 0.717) is 0 Å². The van der Waals surface area contributed by atoms with Crippen molar-refractivity contribution in [3.05, 3.63) is 23.8 Å². The molecule has 0 bridgehead atoms. The van der Waals surface area contributed by atoms with Gasteiger partial charge in [0.25, 0.3) is 0 Å². The van der Waals surface area contributed by atoms with Crippen molar-refractivity contribution < 1.29 is 18.3 Å². The van der Waals surface area contributed by atoms with Crippen molar-refractivity contribution in [2.75, 3.05) is 0 Å². The second-order valence-corrected chi connectivity index (χ2v) is 2.33. The Balaban J connectivity index is 2.80. The molecule has 0 radical (unpaired) electrons. The number of aliphatic hydroxyl groups excluding tert-OH is 1. The van der Waals surface area contributed by atoms with Gasteiger partial charge < -0.3 is 5.11 Å². The highest BCUT2D eigenvalue weighted by molar-refractivity contribution is 5.28. The highest BCUT2D eigenvalue weighted by Crippen LogP contribution is 2.29. The molecule has 1 aliphatic carbocycles. The lowest BCUT2D eigenvalue weighted by atomic mass is 10.1. The van der Waals surface area contributed by atoms with Gasteiger partial charge in [0, 0.05) is 0 Å². The topological polar surface area (TPSA) is 20.2 Å². The van der Waals surface area contributed by atoms with Crippen LogP contribution in [0.4, 0.5) is 13.2 Å². The number of hydrogen-bond donors (Lipinski definition) is 1. The maximum Gasteiger partial charge on any atom is 0.416 e.